The molecule has 0 aliphatic carbocycles. The van der Waals surface area contributed by atoms with E-state index in [-0.39, 0.29) is 5.75 Å². The fourth-order valence-electron chi connectivity index (χ4n) is 2.14. The lowest BCUT2D eigenvalue weighted by Crippen LogP contribution is -1.95. The molecule has 0 spiro atoms. The van der Waals surface area contributed by atoms with Gasteiger partial charge in [-0.25, -0.2) is 0 Å². The van der Waals surface area contributed by atoms with Crippen molar-refractivity contribution in [2.75, 3.05) is 0 Å². The molecule has 3 heteroatoms. The molecule has 1 aromatic heterocycles. The zero-order valence-electron chi connectivity index (χ0n) is 10.7. The molecular weight excluding hydrogens is 238 g/mol. The smallest absolute Gasteiger partial charge is 0.139 e. The van der Waals surface area contributed by atoms with Crippen molar-refractivity contribution in [2.45, 2.75) is 13.5 Å². The van der Waals surface area contributed by atoms with Gasteiger partial charge in [-0.1, -0.05) is 24.3 Å². The number of aromatic amines is 1. The maximum absolute atomic E-state index is 9.73. The number of para-hydroxylation sites is 1. The highest BCUT2D eigenvalue weighted by atomic mass is 16.5. The van der Waals surface area contributed by atoms with Gasteiger partial charge in [-0.3, -0.25) is 0 Å². The average Bonchev–Trinajstić information content (AvgIpc) is 2.81. The van der Waals surface area contributed by atoms with Gasteiger partial charge in [0.25, 0.3) is 0 Å². The van der Waals surface area contributed by atoms with E-state index in [1.165, 1.54) is 5.56 Å². The summed E-state index contributed by atoms with van der Waals surface area (Å²) in [6, 6.07) is 15.4. The number of phenolic OH excluding ortho intramolecular Hbond substituents is 1. The van der Waals surface area contributed by atoms with Crippen LogP contribution < -0.4 is 4.74 Å². The van der Waals surface area contributed by atoms with E-state index in [2.05, 4.69) is 4.98 Å². The number of benzene rings is 2. The highest BCUT2D eigenvalue weighted by molar-refractivity contribution is 5.85. The van der Waals surface area contributed by atoms with Gasteiger partial charge in [-0.2, -0.15) is 0 Å². The molecule has 96 valence electrons. The molecule has 0 atom stereocenters. The van der Waals surface area contributed by atoms with Gasteiger partial charge in [-0.15, -0.1) is 0 Å². The first kappa shape index (κ1) is 11.7. The number of nitrogens with one attached hydrogen (secondary N) is 1. The Labute approximate surface area is 111 Å². The van der Waals surface area contributed by atoms with Crippen molar-refractivity contribution in [3.05, 3.63) is 59.8 Å². The molecule has 3 aromatic rings. The number of hydrogen-bond acceptors (Lipinski definition) is 2. The van der Waals surface area contributed by atoms with Crippen LogP contribution in [0, 0.1) is 6.92 Å². The van der Waals surface area contributed by atoms with Gasteiger partial charge in [0.1, 0.15) is 18.1 Å². The summed E-state index contributed by atoms with van der Waals surface area (Å²) in [4.78, 5) is 3.17. The van der Waals surface area contributed by atoms with Crippen molar-refractivity contribution < 1.29 is 9.84 Å². The second-order valence-electron chi connectivity index (χ2n) is 4.64. The lowest BCUT2D eigenvalue weighted by Gasteiger charge is -2.05. The highest BCUT2D eigenvalue weighted by Gasteiger charge is 2.05. The van der Waals surface area contributed by atoms with Crippen LogP contribution in [0.1, 0.15) is 11.3 Å². The summed E-state index contributed by atoms with van der Waals surface area (Å²) in [5.74, 6) is 1.11. The van der Waals surface area contributed by atoms with E-state index < -0.39 is 0 Å². The number of rotatable bonds is 3. The summed E-state index contributed by atoms with van der Waals surface area (Å²) in [5, 5.41) is 10.7. The van der Waals surface area contributed by atoms with Crippen LogP contribution in [0.15, 0.2) is 48.5 Å². The van der Waals surface area contributed by atoms with Gasteiger partial charge >= 0.3 is 0 Å². The zero-order valence-corrected chi connectivity index (χ0v) is 10.7. The quantitative estimate of drug-likeness (QED) is 0.746. The second-order valence-corrected chi connectivity index (χ2v) is 4.64. The number of aryl methyl sites for hydroxylation is 1. The fourth-order valence-corrected chi connectivity index (χ4v) is 2.14. The summed E-state index contributed by atoms with van der Waals surface area (Å²) in [6.07, 6.45) is 0. The Hall–Kier alpha value is -2.42. The second kappa shape index (κ2) is 4.69. The molecule has 0 fully saturated rings. The van der Waals surface area contributed by atoms with Crippen molar-refractivity contribution >= 4 is 10.9 Å². The van der Waals surface area contributed by atoms with Crippen molar-refractivity contribution in [3.8, 4) is 11.5 Å². The van der Waals surface area contributed by atoms with E-state index in [0.717, 1.165) is 22.3 Å². The fraction of sp³-hybridized carbons (Fsp3) is 0.125. The lowest BCUT2D eigenvalue weighted by atomic mass is 10.2. The van der Waals surface area contributed by atoms with Crippen molar-refractivity contribution in [2.24, 2.45) is 0 Å². The summed E-state index contributed by atoms with van der Waals surface area (Å²) in [6.45, 7) is 2.49. The number of aromatic hydroxyl groups is 1. The Morgan fingerprint density at radius 1 is 1.11 bits per heavy atom. The first-order valence-electron chi connectivity index (χ1n) is 6.21. The van der Waals surface area contributed by atoms with E-state index in [9.17, 15) is 5.11 Å². The van der Waals surface area contributed by atoms with E-state index in [4.69, 9.17) is 4.74 Å². The SMILES string of the molecule is Cc1cccc(OCc2cc3cccc(O)c3[nH]2)c1. The van der Waals surface area contributed by atoms with E-state index >= 15 is 0 Å². The molecule has 3 rings (SSSR count). The van der Waals surface area contributed by atoms with Crippen LogP contribution in [0.4, 0.5) is 0 Å². The van der Waals surface area contributed by atoms with E-state index in [0.29, 0.717) is 6.61 Å². The molecule has 0 radical (unpaired) electrons. The van der Waals surface area contributed by atoms with E-state index in [1.54, 1.807) is 6.07 Å². The Bertz CT molecular complexity index is 716. The van der Waals surface area contributed by atoms with Crippen LogP contribution in [0.25, 0.3) is 10.9 Å². The van der Waals surface area contributed by atoms with Crippen LogP contribution >= 0.6 is 0 Å². The Morgan fingerprint density at radius 2 is 1.95 bits per heavy atom. The first-order valence-corrected chi connectivity index (χ1v) is 6.21. The van der Waals surface area contributed by atoms with Crippen LogP contribution in [0.3, 0.4) is 0 Å². The largest absolute Gasteiger partial charge is 0.506 e. The zero-order chi connectivity index (χ0) is 13.2. The molecule has 1 heterocycles. The van der Waals surface area contributed by atoms with Gasteiger partial charge < -0.3 is 14.8 Å². The minimum absolute atomic E-state index is 0.263. The number of phenols is 1. The Kier molecular flexibility index (Phi) is 2.88. The predicted octanol–water partition coefficient (Wildman–Crippen LogP) is 3.76. The number of hydrogen-bond donors (Lipinski definition) is 2. The number of H-pyrrole nitrogens is 1. The minimum atomic E-state index is 0.263. The van der Waals surface area contributed by atoms with E-state index in [1.807, 2.05) is 49.4 Å². The maximum Gasteiger partial charge on any atom is 0.139 e. The molecule has 19 heavy (non-hydrogen) atoms. The van der Waals surface area contributed by atoms with Gasteiger partial charge in [0.2, 0.25) is 0 Å². The average molecular weight is 253 g/mol. The third kappa shape index (κ3) is 2.40. The van der Waals surface area contributed by atoms with Crippen molar-refractivity contribution in [3.63, 3.8) is 0 Å². The van der Waals surface area contributed by atoms with Crippen molar-refractivity contribution in [1.82, 2.24) is 4.98 Å². The molecule has 0 saturated carbocycles. The summed E-state index contributed by atoms with van der Waals surface area (Å²) in [5.41, 5.74) is 2.87. The molecule has 2 aromatic carbocycles. The molecule has 0 unspecified atom stereocenters. The van der Waals surface area contributed by atoms with Crippen LogP contribution in [0.5, 0.6) is 11.5 Å². The topological polar surface area (TPSA) is 45.2 Å². The Balaban J connectivity index is 1.80. The molecule has 2 N–H and O–H groups in total. The first-order chi connectivity index (χ1) is 9.22. The number of ether oxygens (including phenoxy) is 1. The standard InChI is InChI=1S/C16H15NO2/c1-11-4-2-6-14(8-11)19-10-13-9-12-5-3-7-15(18)16(12)17-13/h2-9,17-18H,10H2,1H3. The summed E-state index contributed by atoms with van der Waals surface area (Å²) >= 11 is 0. The molecule has 0 amide bonds. The van der Waals surface area contributed by atoms with Crippen LogP contribution in [0.2, 0.25) is 0 Å². The Morgan fingerprint density at radius 3 is 2.74 bits per heavy atom. The highest BCUT2D eigenvalue weighted by Crippen LogP contribution is 2.25. The molecular formula is C16H15NO2. The monoisotopic (exact) mass is 253 g/mol. The van der Waals surface area contributed by atoms with Gasteiger partial charge in [0, 0.05) is 5.39 Å². The third-order valence-electron chi connectivity index (χ3n) is 3.07. The normalized spacial score (nSPS) is 10.8. The number of aromatic nitrogens is 1. The van der Waals surface area contributed by atoms with Crippen LogP contribution in [-0.4, -0.2) is 10.1 Å². The number of fused-ring (bicyclic) bond motifs is 1. The summed E-state index contributed by atoms with van der Waals surface area (Å²) in [7, 11) is 0. The van der Waals surface area contributed by atoms with Gasteiger partial charge in [0.05, 0.1) is 11.2 Å². The summed E-state index contributed by atoms with van der Waals surface area (Å²) < 4.78 is 5.73. The molecule has 0 bridgehead atoms. The molecule has 3 nitrogen and oxygen atoms in total. The van der Waals surface area contributed by atoms with Gasteiger partial charge in [-0.05, 0) is 36.8 Å². The molecule has 0 aliphatic heterocycles. The minimum Gasteiger partial charge on any atom is -0.506 e. The molecule has 0 aliphatic rings. The lowest BCUT2D eigenvalue weighted by molar-refractivity contribution is 0.302. The van der Waals surface area contributed by atoms with Gasteiger partial charge in [0.15, 0.2) is 0 Å². The predicted molar refractivity (Wildman–Crippen MR) is 75.5 cm³/mol. The van der Waals surface area contributed by atoms with Crippen LogP contribution in [-0.2, 0) is 6.61 Å². The maximum atomic E-state index is 9.73. The van der Waals surface area contributed by atoms with Crippen molar-refractivity contribution in [1.29, 1.82) is 0 Å². The molecule has 0 saturated heterocycles. The third-order valence-corrected chi connectivity index (χ3v) is 3.07.